The SMILES string of the molecule is O=[SH](=O)c1cccc2ccccc12. The van der Waals surface area contributed by atoms with E-state index >= 15 is 0 Å². The molecule has 0 unspecified atom stereocenters. The monoisotopic (exact) mass is 192 g/mol. The van der Waals surface area contributed by atoms with Gasteiger partial charge in [-0.25, -0.2) is 8.42 Å². The van der Waals surface area contributed by atoms with Gasteiger partial charge in [-0.05, 0) is 11.5 Å². The fraction of sp³-hybridized carbons (Fsp3) is 0. The van der Waals surface area contributed by atoms with Crippen molar-refractivity contribution in [2.75, 3.05) is 0 Å². The van der Waals surface area contributed by atoms with E-state index in [2.05, 4.69) is 0 Å². The first-order valence-electron chi connectivity index (χ1n) is 3.91. The summed E-state index contributed by atoms with van der Waals surface area (Å²) < 4.78 is 21.7. The highest BCUT2D eigenvalue weighted by atomic mass is 32.2. The molecule has 2 aromatic carbocycles. The van der Waals surface area contributed by atoms with Gasteiger partial charge in [0.25, 0.3) is 0 Å². The lowest BCUT2D eigenvalue weighted by atomic mass is 10.1. The van der Waals surface area contributed by atoms with Crippen molar-refractivity contribution in [1.82, 2.24) is 0 Å². The number of hydrogen-bond acceptors (Lipinski definition) is 2. The van der Waals surface area contributed by atoms with Crippen molar-refractivity contribution in [3.63, 3.8) is 0 Å². The van der Waals surface area contributed by atoms with Crippen LogP contribution in [-0.4, -0.2) is 8.42 Å². The first-order valence-corrected chi connectivity index (χ1v) is 5.09. The van der Waals surface area contributed by atoms with Crippen molar-refractivity contribution < 1.29 is 8.42 Å². The average Bonchev–Trinajstić information content (AvgIpc) is 2.17. The Hall–Kier alpha value is -1.35. The van der Waals surface area contributed by atoms with Gasteiger partial charge in [-0.15, -0.1) is 0 Å². The number of rotatable bonds is 1. The van der Waals surface area contributed by atoms with Gasteiger partial charge in [-0.3, -0.25) is 0 Å². The Morgan fingerprint density at radius 2 is 1.54 bits per heavy atom. The second-order valence-electron chi connectivity index (χ2n) is 2.76. The molecule has 0 fully saturated rings. The molecule has 0 bridgehead atoms. The molecule has 0 spiro atoms. The van der Waals surface area contributed by atoms with E-state index in [1.807, 2.05) is 30.3 Å². The van der Waals surface area contributed by atoms with E-state index in [4.69, 9.17) is 0 Å². The molecule has 0 aliphatic rings. The number of fused-ring (bicyclic) bond motifs is 1. The predicted octanol–water partition coefficient (Wildman–Crippen LogP) is 1.81. The molecule has 66 valence electrons. The highest BCUT2D eigenvalue weighted by molar-refractivity contribution is 7.72. The van der Waals surface area contributed by atoms with Gasteiger partial charge in [0.1, 0.15) is 0 Å². The maximum atomic E-state index is 10.9. The van der Waals surface area contributed by atoms with Crippen molar-refractivity contribution in [1.29, 1.82) is 0 Å². The van der Waals surface area contributed by atoms with Gasteiger partial charge >= 0.3 is 0 Å². The molecule has 3 heteroatoms. The number of hydrogen-bond donors (Lipinski definition) is 1. The van der Waals surface area contributed by atoms with E-state index in [0.717, 1.165) is 10.8 Å². The van der Waals surface area contributed by atoms with E-state index in [-0.39, 0.29) is 0 Å². The van der Waals surface area contributed by atoms with Crippen molar-refractivity contribution in [2.24, 2.45) is 0 Å². The first kappa shape index (κ1) is 8.26. The third-order valence-corrected chi connectivity index (χ3v) is 2.75. The topological polar surface area (TPSA) is 34.1 Å². The maximum Gasteiger partial charge on any atom is 0.168 e. The van der Waals surface area contributed by atoms with Crippen molar-refractivity contribution in [2.45, 2.75) is 4.90 Å². The quantitative estimate of drug-likeness (QED) is 0.699. The van der Waals surface area contributed by atoms with Crippen LogP contribution in [0.15, 0.2) is 47.4 Å². The first-order chi connectivity index (χ1) is 6.29. The van der Waals surface area contributed by atoms with E-state index in [1.165, 1.54) is 0 Å². The largest absolute Gasteiger partial charge is 0.227 e. The molecule has 0 radical (unpaired) electrons. The summed E-state index contributed by atoms with van der Waals surface area (Å²) in [5.41, 5.74) is 0. The molecule has 0 aliphatic heterocycles. The van der Waals surface area contributed by atoms with Gasteiger partial charge in [0.2, 0.25) is 0 Å². The third kappa shape index (κ3) is 1.42. The van der Waals surface area contributed by atoms with Crippen molar-refractivity contribution >= 4 is 21.5 Å². The normalized spacial score (nSPS) is 10.8. The molecule has 0 atom stereocenters. The molecule has 0 amide bonds. The fourth-order valence-electron chi connectivity index (χ4n) is 1.37. The minimum Gasteiger partial charge on any atom is -0.227 e. The van der Waals surface area contributed by atoms with E-state index < -0.39 is 10.7 Å². The molecular weight excluding hydrogens is 184 g/mol. The Kier molecular flexibility index (Phi) is 2.02. The van der Waals surface area contributed by atoms with E-state index in [0.29, 0.717) is 4.90 Å². The Balaban J connectivity index is 2.91. The van der Waals surface area contributed by atoms with E-state index in [1.54, 1.807) is 12.1 Å². The lowest BCUT2D eigenvalue weighted by Crippen LogP contribution is -1.82. The van der Waals surface area contributed by atoms with Crippen LogP contribution in [0.3, 0.4) is 0 Å². The highest BCUT2D eigenvalue weighted by Crippen LogP contribution is 2.18. The summed E-state index contributed by atoms with van der Waals surface area (Å²) in [5, 5.41) is 1.75. The van der Waals surface area contributed by atoms with Gasteiger partial charge in [-0.1, -0.05) is 36.4 Å². The van der Waals surface area contributed by atoms with Gasteiger partial charge in [0.05, 0.1) is 4.90 Å². The summed E-state index contributed by atoms with van der Waals surface area (Å²) >= 11 is 0. The van der Waals surface area contributed by atoms with Gasteiger partial charge < -0.3 is 0 Å². The second kappa shape index (κ2) is 3.18. The van der Waals surface area contributed by atoms with Crippen molar-refractivity contribution in [3.05, 3.63) is 42.5 Å². The lowest BCUT2D eigenvalue weighted by molar-refractivity contribution is 0.615. The molecule has 0 aliphatic carbocycles. The highest BCUT2D eigenvalue weighted by Gasteiger charge is 2.00. The van der Waals surface area contributed by atoms with Crippen LogP contribution in [-0.2, 0) is 10.7 Å². The van der Waals surface area contributed by atoms with Crippen LogP contribution in [0.2, 0.25) is 0 Å². The van der Waals surface area contributed by atoms with Crippen LogP contribution in [0, 0.1) is 0 Å². The predicted molar refractivity (Wildman–Crippen MR) is 52.5 cm³/mol. The van der Waals surface area contributed by atoms with E-state index in [9.17, 15) is 8.42 Å². The van der Waals surface area contributed by atoms with Crippen LogP contribution in [0.25, 0.3) is 10.8 Å². The zero-order valence-electron chi connectivity index (χ0n) is 6.81. The molecule has 13 heavy (non-hydrogen) atoms. The average molecular weight is 192 g/mol. The molecule has 2 nitrogen and oxygen atoms in total. The summed E-state index contributed by atoms with van der Waals surface area (Å²) in [7, 11) is -2.50. The second-order valence-corrected chi connectivity index (χ2v) is 3.75. The number of benzene rings is 2. The summed E-state index contributed by atoms with van der Waals surface area (Å²) in [6, 6.07) is 12.7. The molecule has 0 saturated heterocycles. The lowest BCUT2D eigenvalue weighted by Gasteiger charge is -1.98. The minimum atomic E-state index is -2.50. The Morgan fingerprint density at radius 1 is 0.846 bits per heavy atom. The molecule has 0 saturated carbocycles. The van der Waals surface area contributed by atoms with Gasteiger partial charge in [0.15, 0.2) is 10.7 Å². The summed E-state index contributed by atoms with van der Waals surface area (Å²) in [6.07, 6.45) is 0. The third-order valence-electron chi connectivity index (χ3n) is 1.96. The number of thiol groups is 1. The van der Waals surface area contributed by atoms with Crippen LogP contribution < -0.4 is 0 Å². The zero-order chi connectivity index (χ0) is 9.26. The molecular formula is C10H8O2S. The molecule has 2 aromatic rings. The van der Waals surface area contributed by atoms with Crippen LogP contribution in [0.1, 0.15) is 0 Å². The molecule has 0 aromatic heterocycles. The van der Waals surface area contributed by atoms with Gasteiger partial charge in [-0.2, -0.15) is 0 Å². The summed E-state index contributed by atoms with van der Waals surface area (Å²) in [4.78, 5) is 0.396. The standard InChI is InChI=1S/C10H8O2S/c11-13(12)10-7-3-5-8-4-1-2-6-9(8)10/h1-7,13H. The van der Waals surface area contributed by atoms with Crippen molar-refractivity contribution in [3.8, 4) is 0 Å². The van der Waals surface area contributed by atoms with Gasteiger partial charge in [0, 0.05) is 5.39 Å². The molecule has 0 heterocycles. The maximum absolute atomic E-state index is 10.9. The molecule has 0 N–H and O–H groups in total. The Bertz CT molecular complexity index is 502. The fourth-order valence-corrected chi connectivity index (χ4v) is 1.98. The van der Waals surface area contributed by atoms with Crippen LogP contribution >= 0.6 is 0 Å². The smallest absolute Gasteiger partial charge is 0.168 e. The molecule has 2 rings (SSSR count). The van der Waals surface area contributed by atoms with Crippen LogP contribution in [0.4, 0.5) is 0 Å². The minimum absolute atomic E-state index is 0.396. The summed E-state index contributed by atoms with van der Waals surface area (Å²) in [5.74, 6) is 0. The summed E-state index contributed by atoms with van der Waals surface area (Å²) in [6.45, 7) is 0. The Morgan fingerprint density at radius 3 is 2.31 bits per heavy atom. The van der Waals surface area contributed by atoms with Crippen LogP contribution in [0.5, 0.6) is 0 Å². The zero-order valence-corrected chi connectivity index (χ0v) is 7.70. The Labute approximate surface area is 77.8 Å².